The third-order valence-corrected chi connectivity index (χ3v) is 9.19. The molecule has 3 rings (SSSR count). The first-order valence-corrected chi connectivity index (χ1v) is 23.1. The van der Waals surface area contributed by atoms with Gasteiger partial charge >= 0.3 is 0 Å². The van der Waals surface area contributed by atoms with Crippen molar-refractivity contribution >= 4 is 0 Å². The van der Waals surface area contributed by atoms with Gasteiger partial charge in [0.25, 0.3) is 0 Å². The number of hydrogen-bond acceptors (Lipinski definition) is 0. The zero-order valence-corrected chi connectivity index (χ0v) is 44.1. The van der Waals surface area contributed by atoms with E-state index in [2.05, 4.69) is 0 Å². The molecule has 0 aromatic rings. The fraction of sp³-hybridized carbons (Fsp3) is 1.00. The SMILES string of the molecule is [2H]C(C)(C)C.[2H]C(C)C1CCCC1.[2H]C(C)C1CCCCC1.[2H]C(C)C1CCCCCC1.[2H]C([2H])(C)C.[2H]C([2H])(C)C(C)(C)C.[2H]C([2H])(C)C(C)C.[2H]C([2H])([2H])C(C([2H])([2H])[2H])(C([2H])([2H])[2H])C([2H])([2H])C.[2H]C([2H])([2H])C(C)(C([2H])([2H])[2H])C([2H])([2H])C.[2H]C([2H])([2H])C(C)(C)C([2H])([2H])C. The Balaban J connectivity index is -0.000000183. The van der Waals surface area contributed by atoms with Crippen molar-refractivity contribution in [3.8, 4) is 0 Å². The molecule has 3 fully saturated rings. The van der Waals surface area contributed by atoms with Gasteiger partial charge in [-0.05, 0) is 51.2 Å². The van der Waals surface area contributed by atoms with E-state index in [1.54, 1.807) is 13.8 Å². The van der Waals surface area contributed by atoms with Crippen LogP contribution in [0, 0.1) is 51.2 Å². The fourth-order valence-corrected chi connectivity index (χ4v) is 4.40. The summed E-state index contributed by atoms with van der Waals surface area (Å²) < 4.78 is 244. The molecular formula is C60H134. The Morgan fingerprint density at radius 3 is 0.683 bits per heavy atom. The van der Waals surface area contributed by atoms with Gasteiger partial charge in [0.05, 0.1) is 0 Å². The van der Waals surface area contributed by atoms with Crippen molar-refractivity contribution in [1.82, 2.24) is 0 Å². The second-order valence-corrected chi connectivity index (χ2v) is 18.4. The highest BCUT2D eigenvalue weighted by atomic mass is 14.2. The van der Waals surface area contributed by atoms with Crippen LogP contribution in [-0.2, 0) is 0 Å². The van der Waals surface area contributed by atoms with Gasteiger partial charge in [-0.2, -0.15) is 0 Å². The molecule has 0 heterocycles. The quantitative estimate of drug-likeness (QED) is 0.247. The van der Waals surface area contributed by atoms with E-state index in [4.69, 9.17) is 46.6 Å². The van der Waals surface area contributed by atoms with Crippen LogP contribution in [-0.4, -0.2) is 0 Å². The average molecular weight is 890 g/mol. The molecule has 0 aromatic carbocycles. The summed E-state index contributed by atoms with van der Waals surface area (Å²) >= 11 is 0. The maximum absolute atomic E-state index is 7.57. The fourth-order valence-electron chi connectivity index (χ4n) is 4.40. The Bertz CT molecular complexity index is 1730. The lowest BCUT2D eigenvalue weighted by atomic mass is 9.88. The zero-order chi connectivity index (χ0) is 78.1. The Morgan fingerprint density at radius 2 is 0.583 bits per heavy atom. The average Bonchev–Trinajstić information content (AvgIpc) is 0.742. The summed E-state index contributed by atoms with van der Waals surface area (Å²) in [6.45, 7) is 15.6. The molecule has 0 aliphatic heterocycles. The molecule has 0 radical (unpaired) electrons. The first-order valence-electron chi connectivity index (χ1n) is 40.4. The topological polar surface area (TPSA) is 0 Å². The lowest BCUT2D eigenvalue weighted by Crippen LogP contribution is -2.03. The van der Waals surface area contributed by atoms with Crippen LogP contribution in [0.5, 0.6) is 0 Å². The molecule has 0 heteroatoms. The third-order valence-electron chi connectivity index (χ3n) is 9.19. The van der Waals surface area contributed by atoms with E-state index in [9.17, 15) is 0 Å². The lowest BCUT2D eigenvalue weighted by molar-refractivity contribution is 0.349. The zero-order valence-electron chi connectivity index (χ0n) is 78.1. The molecule has 0 N–H and O–H groups in total. The smallest absolute Gasteiger partial charge is 0.0294 e. The van der Waals surface area contributed by atoms with E-state index >= 15 is 0 Å². The molecule has 0 aromatic heterocycles. The predicted octanol–water partition coefficient (Wildman–Crippen LogP) is 23.8. The molecule has 3 atom stereocenters. The van der Waals surface area contributed by atoms with Gasteiger partial charge in [0.15, 0.2) is 0 Å². The maximum atomic E-state index is 7.57. The molecule has 0 bridgehead atoms. The minimum Gasteiger partial charge on any atom is -0.0656 e. The van der Waals surface area contributed by atoms with Gasteiger partial charge in [-0.25, -0.2) is 0 Å². The summed E-state index contributed by atoms with van der Waals surface area (Å²) in [6.07, 6.45) is 10.9. The van der Waals surface area contributed by atoms with Crippen LogP contribution in [0.25, 0.3) is 0 Å². The van der Waals surface area contributed by atoms with Crippen molar-refractivity contribution in [2.45, 2.75) is 340 Å². The van der Waals surface area contributed by atoms with Crippen LogP contribution >= 0.6 is 0 Å². The summed E-state index contributed by atoms with van der Waals surface area (Å²) in [4.78, 5) is 0. The van der Waals surface area contributed by atoms with Gasteiger partial charge in [0.1, 0.15) is 0 Å². The van der Waals surface area contributed by atoms with E-state index in [1.807, 2.05) is 76.2 Å². The molecule has 3 aliphatic rings. The van der Waals surface area contributed by atoms with Crippen molar-refractivity contribution in [2.75, 3.05) is 0 Å². The van der Waals surface area contributed by atoms with Crippen LogP contribution in [0.15, 0.2) is 0 Å². The molecule has 3 saturated carbocycles. The summed E-state index contributed by atoms with van der Waals surface area (Å²) in [5.74, 6) is 2.05. The monoisotopic (exact) mass is 889 g/mol. The summed E-state index contributed by atoms with van der Waals surface area (Å²) in [5.41, 5.74) is -7.29. The van der Waals surface area contributed by atoms with Crippen LogP contribution < -0.4 is 0 Å². The Labute approximate surface area is 438 Å². The van der Waals surface area contributed by atoms with Gasteiger partial charge in [0, 0.05) is 46.6 Å². The number of rotatable bonds is 4. The van der Waals surface area contributed by atoms with E-state index in [-0.39, 0.29) is 36.4 Å². The van der Waals surface area contributed by atoms with Crippen LogP contribution in [0.4, 0.5) is 0 Å². The molecule has 0 amide bonds. The van der Waals surface area contributed by atoms with Gasteiger partial charge < -0.3 is 0 Å². The van der Waals surface area contributed by atoms with Gasteiger partial charge in [-0.1, -0.05) is 340 Å². The van der Waals surface area contributed by atoms with Crippen molar-refractivity contribution in [1.29, 1.82) is 0 Å². The highest BCUT2D eigenvalue weighted by molar-refractivity contribution is 4.65. The molecular weight excluding hydrogens is 721 g/mol. The van der Waals surface area contributed by atoms with Crippen LogP contribution in [0.2, 0.25) is 0 Å². The summed E-state index contributed by atoms with van der Waals surface area (Å²) in [5, 5.41) is 0. The third kappa shape index (κ3) is 97.3. The van der Waals surface area contributed by atoms with Crippen LogP contribution in [0.3, 0.4) is 0 Å². The van der Waals surface area contributed by atoms with Crippen molar-refractivity contribution in [3.63, 3.8) is 0 Å². The van der Waals surface area contributed by atoms with Crippen molar-refractivity contribution < 1.29 is 46.6 Å². The lowest BCUT2D eigenvalue weighted by Gasteiger charge is -2.18. The van der Waals surface area contributed by atoms with Crippen molar-refractivity contribution in [3.05, 3.63) is 0 Å². The summed E-state index contributed by atoms with van der Waals surface area (Å²) in [6, 6.07) is 0. The molecule has 60 heavy (non-hydrogen) atoms. The van der Waals surface area contributed by atoms with Crippen LogP contribution in [0.1, 0.15) is 387 Å². The minimum absolute atomic E-state index is 0.132. The minimum atomic E-state index is -3.48. The highest BCUT2D eigenvalue weighted by Gasteiger charge is 2.12. The predicted molar refractivity (Wildman–Crippen MR) is 291 cm³/mol. The van der Waals surface area contributed by atoms with E-state index in [1.165, 1.54) is 131 Å². The molecule has 3 unspecified atom stereocenters. The van der Waals surface area contributed by atoms with Gasteiger partial charge in [-0.3, -0.25) is 0 Å². The molecule has 3 aliphatic carbocycles. The first kappa shape index (κ1) is 27.6. The first-order chi connectivity index (χ1) is 40.4. The standard InChI is InChI=1S/C9H18.C8H16.C7H14.4C6H14.C5H12.C4H10.C3H8/c1-2-9-7-5-3-4-6-8-9;1-2-8-6-4-3-5-7-8;1-2-7-5-3-4-6-7;4*1-5-6(2,3)4;1-4-5(2)3;1-4(2)3;1-3-2/h9H,2-8H2,1H3;8H,2-7H2,1H3;7H,2-6H2,1H3;4*5H2,1-4H3;5H,4H2,1-3H3;4H,1-3H3;3H2,1-2H3/i3*2D;2D3,3D3,4D3,5D2;2D3,3D3,5D2;2D3,5D2;5D2;4D2;4D;3D2. The largest absolute Gasteiger partial charge is 0.0656 e. The maximum Gasteiger partial charge on any atom is 0.0294 e. The Kier molecular flexibility index (Phi) is 23.0. The number of hydrogen-bond donors (Lipinski definition) is 0. The van der Waals surface area contributed by atoms with Gasteiger partial charge in [0.2, 0.25) is 0 Å². The van der Waals surface area contributed by atoms with Gasteiger partial charge in [-0.15, -0.1) is 0 Å². The molecule has 0 saturated heterocycles. The second-order valence-electron chi connectivity index (χ2n) is 18.4. The van der Waals surface area contributed by atoms with Crippen molar-refractivity contribution in [2.24, 2.45) is 51.2 Å². The Hall–Kier alpha value is 0. The van der Waals surface area contributed by atoms with E-state index in [0.29, 0.717) is 12.8 Å². The second kappa shape index (κ2) is 50.0. The van der Waals surface area contributed by atoms with E-state index < -0.39 is 95.6 Å². The highest BCUT2D eigenvalue weighted by Crippen LogP contribution is 2.27. The van der Waals surface area contributed by atoms with E-state index in [0.717, 1.165) is 25.7 Å². The Morgan fingerprint density at radius 1 is 0.400 bits per heavy atom. The normalized spacial score (nSPS) is 28.8. The molecule has 374 valence electrons. The molecule has 0 nitrogen and oxygen atoms in total. The molecule has 0 spiro atoms. The summed E-state index contributed by atoms with van der Waals surface area (Å²) in [7, 11) is 0.